The molecule has 2 unspecified atom stereocenters. The van der Waals surface area contributed by atoms with E-state index in [2.05, 4.69) is 5.32 Å². The lowest BCUT2D eigenvalue weighted by atomic mass is 10.0. The maximum atomic E-state index is 13.0. The van der Waals surface area contributed by atoms with Gasteiger partial charge in [0.15, 0.2) is 0 Å². The number of aryl methyl sites for hydroxylation is 1. The van der Waals surface area contributed by atoms with E-state index in [4.69, 9.17) is 4.74 Å². The molecule has 2 aliphatic heterocycles. The van der Waals surface area contributed by atoms with Gasteiger partial charge in [0.1, 0.15) is 11.6 Å². The Bertz CT molecular complexity index is 1120. The van der Waals surface area contributed by atoms with Crippen LogP contribution in [0.25, 0.3) is 11.0 Å². The number of imidazole rings is 1. The van der Waals surface area contributed by atoms with E-state index in [1.54, 1.807) is 11.9 Å². The Morgan fingerprint density at radius 3 is 2.52 bits per heavy atom. The molecule has 2 saturated heterocycles. The summed E-state index contributed by atoms with van der Waals surface area (Å²) < 4.78 is 8.53. The zero-order chi connectivity index (χ0) is 22.5. The molecule has 0 spiro atoms. The van der Waals surface area contributed by atoms with E-state index >= 15 is 0 Å². The Kier molecular flexibility index (Phi) is 5.15. The summed E-state index contributed by atoms with van der Waals surface area (Å²) in [6, 6.07) is 4.78. The first-order valence-corrected chi connectivity index (χ1v) is 10.6. The Hall–Kier alpha value is -3.10. The zero-order valence-corrected chi connectivity index (χ0v) is 18.3. The molecule has 2 fully saturated rings. The van der Waals surface area contributed by atoms with Crippen molar-refractivity contribution in [2.75, 3.05) is 6.54 Å². The van der Waals surface area contributed by atoms with Crippen LogP contribution in [0.5, 0.6) is 0 Å². The molecule has 0 aliphatic carbocycles. The molecule has 9 nitrogen and oxygen atoms in total. The van der Waals surface area contributed by atoms with Crippen molar-refractivity contribution >= 4 is 28.9 Å². The molecule has 0 bridgehead atoms. The van der Waals surface area contributed by atoms with Crippen LogP contribution in [-0.4, -0.2) is 44.1 Å². The predicted octanol–water partition coefficient (Wildman–Crippen LogP) is 2.39. The molecule has 2 aliphatic rings. The fourth-order valence-electron chi connectivity index (χ4n) is 4.47. The summed E-state index contributed by atoms with van der Waals surface area (Å²) in [6.07, 6.45) is 1.83. The van der Waals surface area contributed by atoms with Crippen LogP contribution in [0.3, 0.4) is 0 Å². The van der Waals surface area contributed by atoms with Crippen molar-refractivity contribution in [3.63, 3.8) is 0 Å². The average molecular weight is 428 g/mol. The summed E-state index contributed by atoms with van der Waals surface area (Å²) in [5, 5.41) is 2.32. The Morgan fingerprint density at radius 1 is 1.10 bits per heavy atom. The van der Waals surface area contributed by atoms with E-state index in [1.807, 2.05) is 39.0 Å². The first-order chi connectivity index (χ1) is 14.6. The molecule has 0 radical (unpaired) electrons. The quantitative estimate of drug-likeness (QED) is 0.740. The van der Waals surface area contributed by atoms with Crippen molar-refractivity contribution in [1.82, 2.24) is 19.4 Å². The Morgan fingerprint density at radius 2 is 1.84 bits per heavy atom. The molecule has 9 heteroatoms. The number of imide groups is 1. The number of likely N-dealkylation sites (tertiary alicyclic amines) is 1. The van der Waals surface area contributed by atoms with Crippen molar-refractivity contribution in [3.05, 3.63) is 34.2 Å². The third-order valence-electron chi connectivity index (χ3n) is 5.90. The van der Waals surface area contributed by atoms with Gasteiger partial charge in [-0.1, -0.05) is 6.07 Å². The van der Waals surface area contributed by atoms with E-state index in [9.17, 15) is 19.2 Å². The summed E-state index contributed by atoms with van der Waals surface area (Å²) >= 11 is 0. The van der Waals surface area contributed by atoms with Gasteiger partial charge in [-0.15, -0.1) is 0 Å². The van der Waals surface area contributed by atoms with Crippen molar-refractivity contribution in [1.29, 1.82) is 0 Å². The van der Waals surface area contributed by atoms with E-state index in [1.165, 1.54) is 9.13 Å². The topological polar surface area (TPSA) is 103 Å². The number of carbonyl (C=O) groups is 3. The van der Waals surface area contributed by atoms with E-state index in [0.29, 0.717) is 24.0 Å². The molecule has 1 N–H and O–H groups in total. The number of fused-ring (bicyclic) bond motifs is 1. The molecule has 0 saturated carbocycles. The Labute approximate surface area is 179 Å². The minimum Gasteiger partial charge on any atom is -0.444 e. The monoisotopic (exact) mass is 428 g/mol. The first-order valence-electron chi connectivity index (χ1n) is 10.6. The normalized spacial score (nSPS) is 22.1. The Balaban J connectivity index is 1.70. The smallest absolute Gasteiger partial charge is 0.410 e. The predicted molar refractivity (Wildman–Crippen MR) is 114 cm³/mol. The van der Waals surface area contributed by atoms with Gasteiger partial charge >= 0.3 is 11.8 Å². The van der Waals surface area contributed by atoms with Crippen LogP contribution in [-0.2, 0) is 21.4 Å². The minimum absolute atomic E-state index is 0.131. The summed E-state index contributed by atoms with van der Waals surface area (Å²) in [4.78, 5) is 51.2. The molecule has 3 amide bonds. The van der Waals surface area contributed by atoms with E-state index < -0.39 is 17.6 Å². The lowest BCUT2D eigenvalue weighted by Crippen LogP contribution is -2.44. The number of carbonyl (C=O) groups excluding carboxylic acids is 3. The lowest BCUT2D eigenvalue weighted by molar-refractivity contribution is -0.135. The number of aromatic nitrogens is 2. The fraction of sp³-hybridized carbons (Fsp3) is 0.545. The van der Waals surface area contributed by atoms with E-state index in [-0.39, 0.29) is 30.2 Å². The fourth-order valence-corrected chi connectivity index (χ4v) is 4.47. The number of hydrogen-bond acceptors (Lipinski definition) is 5. The number of nitrogens with one attached hydrogen (secondary N) is 1. The average Bonchev–Trinajstić information content (AvgIpc) is 3.26. The van der Waals surface area contributed by atoms with Gasteiger partial charge in [0.2, 0.25) is 11.8 Å². The number of benzene rings is 1. The maximum absolute atomic E-state index is 13.0. The molecule has 2 atom stereocenters. The lowest BCUT2D eigenvalue weighted by Gasteiger charge is -2.29. The number of hydrogen-bond donors (Lipinski definition) is 1. The molecule has 31 heavy (non-hydrogen) atoms. The second-order valence-corrected chi connectivity index (χ2v) is 9.26. The number of ether oxygens (including phenoxy) is 1. The number of amides is 3. The summed E-state index contributed by atoms with van der Waals surface area (Å²) in [7, 11) is 1.66. The van der Waals surface area contributed by atoms with Gasteiger partial charge < -0.3 is 9.64 Å². The molecule has 3 heterocycles. The summed E-state index contributed by atoms with van der Waals surface area (Å²) in [5.41, 5.74) is 1.36. The maximum Gasteiger partial charge on any atom is 0.410 e. The van der Waals surface area contributed by atoms with Crippen molar-refractivity contribution in [2.24, 2.45) is 7.05 Å². The van der Waals surface area contributed by atoms with Crippen LogP contribution >= 0.6 is 0 Å². The van der Waals surface area contributed by atoms with Gasteiger partial charge in [-0.25, -0.2) is 9.59 Å². The third-order valence-corrected chi connectivity index (χ3v) is 5.90. The molecular formula is C22H28N4O5. The number of nitrogens with zero attached hydrogens (tertiary/aromatic N) is 3. The van der Waals surface area contributed by atoms with Gasteiger partial charge in [-0.2, -0.15) is 0 Å². The second-order valence-electron chi connectivity index (χ2n) is 9.26. The van der Waals surface area contributed by atoms with Crippen LogP contribution in [0, 0.1) is 0 Å². The number of rotatable bonds is 2. The summed E-state index contributed by atoms with van der Waals surface area (Å²) in [6.45, 7) is 6.15. The molecule has 166 valence electrons. The van der Waals surface area contributed by atoms with Crippen LogP contribution in [0.2, 0.25) is 0 Å². The van der Waals surface area contributed by atoms with Gasteiger partial charge in [0, 0.05) is 20.0 Å². The van der Waals surface area contributed by atoms with Crippen molar-refractivity contribution in [2.45, 2.75) is 64.1 Å². The van der Waals surface area contributed by atoms with Gasteiger partial charge in [0.25, 0.3) is 0 Å². The SMILES string of the molecule is Cn1c(=O)n(C2CCC(=O)NC2=O)c2ccc(C3CCCN3C(=O)OC(C)(C)C)cc21. The molecule has 1 aromatic heterocycles. The highest BCUT2D eigenvalue weighted by Crippen LogP contribution is 2.35. The zero-order valence-electron chi connectivity index (χ0n) is 18.3. The molecule has 4 rings (SSSR count). The van der Waals surface area contributed by atoms with E-state index in [0.717, 1.165) is 18.4 Å². The van der Waals surface area contributed by atoms with Crippen molar-refractivity contribution in [3.8, 4) is 0 Å². The van der Waals surface area contributed by atoms with Crippen LogP contribution in [0.4, 0.5) is 4.79 Å². The molecule has 1 aromatic carbocycles. The summed E-state index contributed by atoms with van der Waals surface area (Å²) in [5.74, 6) is -0.776. The molecule has 2 aromatic rings. The highest BCUT2D eigenvalue weighted by atomic mass is 16.6. The van der Waals surface area contributed by atoms with Crippen LogP contribution in [0.15, 0.2) is 23.0 Å². The standard InChI is InChI=1S/C22H28N4O5/c1-22(2,3)31-21(30)25-11-5-6-14(25)13-7-8-15-17(12-13)24(4)20(29)26(15)16-9-10-18(27)23-19(16)28/h7-8,12,14,16H,5-6,9-11H2,1-4H3,(H,23,27,28). The van der Waals surface area contributed by atoms with Gasteiger partial charge in [-0.3, -0.25) is 24.0 Å². The van der Waals surface area contributed by atoms with Crippen molar-refractivity contribution < 1.29 is 19.1 Å². The molecular weight excluding hydrogens is 400 g/mol. The van der Waals surface area contributed by atoms with Gasteiger partial charge in [-0.05, 0) is 57.7 Å². The first kappa shape index (κ1) is 21.1. The highest BCUT2D eigenvalue weighted by Gasteiger charge is 2.35. The highest BCUT2D eigenvalue weighted by molar-refractivity contribution is 6.00. The minimum atomic E-state index is -0.718. The van der Waals surface area contributed by atoms with Gasteiger partial charge in [0.05, 0.1) is 17.1 Å². The van der Waals surface area contributed by atoms with Crippen LogP contribution < -0.4 is 11.0 Å². The second kappa shape index (κ2) is 7.55. The largest absolute Gasteiger partial charge is 0.444 e. The number of piperidine rings is 1. The third kappa shape index (κ3) is 3.84. The van der Waals surface area contributed by atoms with Crippen LogP contribution in [0.1, 0.15) is 64.1 Å².